The van der Waals surface area contributed by atoms with Gasteiger partial charge in [-0.05, 0) is 68.3 Å². The Morgan fingerprint density at radius 2 is 1.66 bits per heavy atom. The minimum atomic E-state index is -3.63. The van der Waals surface area contributed by atoms with Gasteiger partial charge in [-0.2, -0.15) is 13.1 Å². The van der Waals surface area contributed by atoms with E-state index in [4.69, 9.17) is 4.74 Å². The van der Waals surface area contributed by atoms with Crippen LogP contribution in [0.4, 0.5) is 8.78 Å². The van der Waals surface area contributed by atoms with Crippen molar-refractivity contribution < 1.29 is 26.7 Å². The summed E-state index contributed by atoms with van der Waals surface area (Å²) in [6, 6.07) is 5.80. The number of alkyl halides is 2. The molecule has 3 saturated heterocycles. The number of halogens is 2. The van der Waals surface area contributed by atoms with E-state index in [0.29, 0.717) is 19.1 Å². The number of nitrogens with zero attached hydrogens (tertiary/aromatic N) is 2. The first kappa shape index (κ1) is 21.0. The van der Waals surface area contributed by atoms with Gasteiger partial charge in [0.25, 0.3) is 0 Å². The quantitative estimate of drug-likeness (QED) is 0.719. The molecule has 0 amide bonds. The first-order valence-electron chi connectivity index (χ1n) is 10.2. The fourth-order valence-electron chi connectivity index (χ4n) is 4.88. The zero-order valence-corrected chi connectivity index (χ0v) is 17.3. The van der Waals surface area contributed by atoms with E-state index in [1.165, 1.54) is 28.6 Å². The molecule has 0 atom stereocenters. The third kappa shape index (κ3) is 4.57. The Bertz CT molecular complexity index is 789. The van der Waals surface area contributed by atoms with Crippen molar-refractivity contribution in [3.8, 4) is 5.75 Å². The van der Waals surface area contributed by atoms with Gasteiger partial charge in [-0.1, -0.05) is 0 Å². The van der Waals surface area contributed by atoms with Crippen LogP contribution in [0.15, 0.2) is 29.2 Å². The van der Waals surface area contributed by atoms with E-state index in [1.807, 2.05) is 0 Å². The summed E-state index contributed by atoms with van der Waals surface area (Å²) in [5.41, 5.74) is 0.208. The predicted molar refractivity (Wildman–Crippen MR) is 104 cm³/mol. The number of ether oxygens (including phenoxy) is 2. The highest BCUT2D eigenvalue weighted by molar-refractivity contribution is 7.89. The Labute approximate surface area is 170 Å². The van der Waals surface area contributed by atoms with Crippen molar-refractivity contribution in [3.63, 3.8) is 0 Å². The van der Waals surface area contributed by atoms with Gasteiger partial charge in [0.1, 0.15) is 5.75 Å². The van der Waals surface area contributed by atoms with E-state index < -0.39 is 16.6 Å². The van der Waals surface area contributed by atoms with Crippen molar-refractivity contribution in [2.75, 3.05) is 39.4 Å². The lowest BCUT2D eigenvalue weighted by Gasteiger charge is -2.40. The molecule has 3 heterocycles. The summed E-state index contributed by atoms with van der Waals surface area (Å²) in [5, 5.41) is 0. The van der Waals surface area contributed by atoms with Crippen molar-refractivity contribution >= 4 is 10.0 Å². The maximum absolute atomic E-state index is 12.9. The molecule has 3 fully saturated rings. The average molecular weight is 431 g/mol. The van der Waals surface area contributed by atoms with Crippen LogP contribution < -0.4 is 4.74 Å². The second-order valence-electron chi connectivity index (χ2n) is 8.32. The molecule has 0 N–H and O–H groups in total. The number of hydrogen-bond donors (Lipinski definition) is 0. The van der Waals surface area contributed by atoms with Gasteiger partial charge in [0.2, 0.25) is 10.0 Å². The molecule has 0 radical (unpaired) electrons. The number of sulfonamides is 1. The van der Waals surface area contributed by atoms with Crippen LogP contribution in [0.5, 0.6) is 5.75 Å². The predicted octanol–water partition coefficient (Wildman–Crippen LogP) is 2.94. The van der Waals surface area contributed by atoms with Crippen molar-refractivity contribution in [1.82, 2.24) is 9.21 Å². The summed E-state index contributed by atoms with van der Waals surface area (Å²) >= 11 is 0. The molecule has 3 aliphatic rings. The fraction of sp³-hybridized carbons (Fsp3) is 0.700. The van der Waals surface area contributed by atoms with Gasteiger partial charge >= 0.3 is 6.61 Å². The molecule has 0 aromatic heterocycles. The smallest absolute Gasteiger partial charge is 0.387 e. The molecule has 0 aliphatic carbocycles. The standard InChI is InChI=1S/C20H28F2N2O4S/c21-19(22)28-17-1-3-18(4-2-17)29(25,26)24-11-8-20(9-12-24)7-10-23(15-20)16-5-13-27-14-6-16/h1-4,16,19H,5-15H2. The lowest BCUT2D eigenvalue weighted by molar-refractivity contribution is -0.0498. The van der Waals surface area contributed by atoms with Crippen molar-refractivity contribution in [3.05, 3.63) is 24.3 Å². The maximum Gasteiger partial charge on any atom is 0.387 e. The molecule has 9 heteroatoms. The second-order valence-corrected chi connectivity index (χ2v) is 10.3. The van der Waals surface area contributed by atoms with Crippen LogP contribution in [0, 0.1) is 5.41 Å². The summed E-state index contributed by atoms with van der Waals surface area (Å²) in [4.78, 5) is 2.69. The highest BCUT2D eigenvalue weighted by atomic mass is 32.2. The van der Waals surface area contributed by atoms with Crippen molar-refractivity contribution in [2.45, 2.75) is 49.7 Å². The van der Waals surface area contributed by atoms with Crippen LogP contribution in [0.25, 0.3) is 0 Å². The van der Waals surface area contributed by atoms with E-state index in [1.54, 1.807) is 0 Å². The van der Waals surface area contributed by atoms with E-state index in [2.05, 4.69) is 9.64 Å². The monoisotopic (exact) mass is 430 g/mol. The Morgan fingerprint density at radius 3 is 2.28 bits per heavy atom. The average Bonchev–Trinajstić information content (AvgIpc) is 3.12. The van der Waals surface area contributed by atoms with Gasteiger partial charge in [0.05, 0.1) is 4.90 Å². The van der Waals surface area contributed by atoms with Crippen molar-refractivity contribution in [1.29, 1.82) is 0 Å². The Balaban J connectivity index is 1.36. The Kier molecular flexibility index (Phi) is 6.11. The molecule has 1 aromatic carbocycles. The van der Waals surface area contributed by atoms with Gasteiger partial charge in [0.15, 0.2) is 0 Å². The van der Waals surface area contributed by atoms with Gasteiger partial charge in [-0.15, -0.1) is 0 Å². The summed E-state index contributed by atoms with van der Waals surface area (Å²) in [5.74, 6) is -0.0456. The lowest BCUT2D eigenvalue weighted by atomic mass is 9.78. The molecule has 1 spiro atoms. The molecule has 0 unspecified atom stereocenters. The molecule has 4 rings (SSSR count). The molecule has 6 nitrogen and oxygen atoms in total. The Hall–Kier alpha value is -1.29. The highest BCUT2D eigenvalue weighted by Gasteiger charge is 2.44. The molecule has 29 heavy (non-hydrogen) atoms. The third-order valence-electron chi connectivity index (χ3n) is 6.64. The fourth-order valence-corrected chi connectivity index (χ4v) is 6.32. The van der Waals surface area contributed by atoms with Crippen LogP contribution in [-0.2, 0) is 14.8 Å². The number of hydrogen-bond acceptors (Lipinski definition) is 5. The van der Waals surface area contributed by atoms with E-state index in [0.717, 1.165) is 58.4 Å². The van der Waals surface area contributed by atoms with E-state index in [9.17, 15) is 17.2 Å². The number of rotatable bonds is 5. The molecule has 0 saturated carbocycles. The zero-order chi connectivity index (χ0) is 20.5. The maximum atomic E-state index is 12.9. The number of likely N-dealkylation sites (tertiary alicyclic amines) is 1. The molecular weight excluding hydrogens is 402 g/mol. The van der Waals surface area contributed by atoms with Crippen LogP contribution in [-0.4, -0.2) is 69.7 Å². The van der Waals surface area contributed by atoms with E-state index in [-0.39, 0.29) is 16.1 Å². The van der Waals surface area contributed by atoms with Gasteiger partial charge in [-0.25, -0.2) is 8.42 Å². The first-order valence-corrected chi connectivity index (χ1v) is 11.7. The first-order chi connectivity index (χ1) is 13.9. The molecule has 1 aromatic rings. The summed E-state index contributed by atoms with van der Waals surface area (Å²) in [6.07, 6.45) is 5.01. The molecule has 162 valence electrons. The summed E-state index contributed by atoms with van der Waals surface area (Å²) < 4.78 is 61.7. The van der Waals surface area contributed by atoms with Crippen LogP contribution in [0.1, 0.15) is 32.1 Å². The topological polar surface area (TPSA) is 59.1 Å². The zero-order valence-electron chi connectivity index (χ0n) is 16.4. The van der Waals surface area contributed by atoms with Crippen LogP contribution in [0.2, 0.25) is 0 Å². The minimum absolute atomic E-state index is 0.0456. The van der Waals surface area contributed by atoms with Crippen LogP contribution in [0.3, 0.4) is 0 Å². The third-order valence-corrected chi connectivity index (χ3v) is 8.56. The molecule has 3 aliphatic heterocycles. The van der Waals surface area contributed by atoms with E-state index >= 15 is 0 Å². The molecule has 0 bridgehead atoms. The number of piperidine rings is 1. The normalized spacial score (nSPS) is 24.4. The second kappa shape index (κ2) is 8.45. The summed E-state index contributed by atoms with van der Waals surface area (Å²) in [6.45, 7) is 1.87. The number of benzene rings is 1. The lowest BCUT2D eigenvalue weighted by Crippen LogP contribution is -2.45. The van der Waals surface area contributed by atoms with Gasteiger partial charge in [-0.3, -0.25) is 4.90 Å². The highest BCUT2D eigenvalue weighted by Crippen LogP contribution is 2.42. The summed E-state index contributed by atoms with van der Waals surface area (Å²) in [7, 11) is -3.63. The van der Waals surface area contributed by atoms with Gasteiger partial charge < -0.3 is 9.47 Å². The van der Waals surface area contributed by atoms with Gasteiger partial charge in [0, 0.05) is 38.9 Å². The van der Waals surface area contributed by atoms with Crippen molar-refractivity contribution in [2.24, 2.45) is 5.41 Å². The minimum Gasteiger partial charge on any atom is -0.435 e. The Morgan fingerprint density at radius 1 is 1.03 bits per heavy atom. The van der Waals surface area contributed by atoms with Crippen LogP contribution >= 0.6 is 0 Å². The molecular formula is C20H28F2N2O4S. The SMILES string of the molecule is O=S(=O)(c1ccc(OC(F)F)cc1)N1CCC2(CCN(C3CCOCC3)C2)CC1. The largest absolute Gasteiger partial charge is 0.435 e.